The number of anilines is 4. The summed E-state index contributed by atoms with van der Waals surface area (Å²) in [6, 6.07) is 4.85. The monoisotopic (exact) mass is 587 g/mol. The lowest BCUT2D eigenvalue weighted by molar-refractivity contribution is -0.0497. The van der Waals surface area contributed by atoms with Gasteiger partial charge in [0.05, 0.1) is 28.6 Å². The van der Waals surface area contributed by atoms with Gasteiger partial charge in [0.2, 0.25) is 17.8 Å². The minimum atomic E-state index is -3.05. The highest BCUT2D eigenvalue weighted by molar-refractivity contribution is 6.36. The van der Waals surface area contributed by atoms with Gasteiger partial charge in [0.25, 0.3) is 0 Å². The number of benzene rings is 1. The predicted molar refractivity (Wildman–Crippen MR) is 143 cm³/mol. The standard InChI is InChI=1S/C24H24ClF2N11O3/c1-12(20-34-35-24(39)41-20)36-4-6-37(7-5-36)17-9-15(40-21(26)27)8-16(18(17)25)31-22-32-19-13(10-28)11-29-38(19)23(33-22)30-14-2-3-14/h8-9,11-12,14,21H,2-7H2,1H3,(H,35,39)(H2,30,31,32,33)/t12-/m1/s1. The fraction of sp³-hybridized carbons (Fsp3) is 0.417. The molecule has 3 N–H and O–H groups in total. The summed E-state index contributed by atoms with van der Waals surface area (Å²) >= 11 is 6.82. The van der Waals surface area contributed by atoms with E-state index in [0.717, 1.165) is 12.8 Å². The number of nitrogens with one attached hydrogen (secondary N) is 3. The van der Waals surface area contributed by atoms with Crippen LogP contribution in [0.5, 0.6) is 5.75 Å². The van der Waals surface area contributed by atoms with Crippen LogP contribution in [-0.2, 0) is 0 Å². The molecule has 41 heavy (non-hydrogen) atoms. The molecule has 1 aliphatic heterocycles. The molecule has 1 saturated carbocycles. The third kappa shape index (κ3) is 5.58. The van der Waals surface area contributed by atoms with Gasteiger partial charge in [-0.3, -0.25) is 4.90 Å². The first kappa shape index (κ1) is 26.7. The molecular weight excluding hydrogens is 564 g/mol. The van der Waals surface area contributed by atoms with E-state index in [4.69, 9.17) is 20.8 Å². The zero-order valence-electron chi connectivity index (χ0n) is 21.6. The quantitative estimate of drug-likeness (QED) is 0.262. The van der Waals surface area contributed by atoms with Gasteiger partial charge >= 0.3 is 12.4 Å². The molecule has 0 amide bonds. The molecule has 1 aromatic carbocycles. The van der Waals surface area contributed by atoms with Crippen molar-refractivity contribution in [2.45, 2.75) is 38.5 Å². The van der Waals surface area contributed by atoms with Crippen LogP contribution in [0.2, 0.25) is 5.02 Å². The van der Waals surface area contributed by atoms with E-state index in [1.54, 1.807) is 0 Å². The fourth-order valence-corrected chi connectivity index (χ4v) is 4.91. The van der Waals surface area contributed by atoms with Crippen LogP contribution < -0.4 is 26.0 Å². The lowest BCUT2D eigenvalue weighted by atomic mass is 10.2. The van der Waals surface area contributed by atoms with Crippen molar-refractivity contribution in [1.29, 1.82) is 5.26 Å². The minimum absolute atomic E-state index is 0.0961. The molecule has 0 unspecified atom stereocenters. The number of ether oxygens (including phenoxy) is 1. The highest BCUT2D eigenvalue weighted by atomic mass is 35.5. The molecule has 2 fully saturated rings. The van der Waals surface area contributed by atoms with Gasteiger partial charge in [0, 0.05) is 44.4 Å². The average molecular weight is 588 g/mol. The topological polar surface area (TPSA) is 166 Å². The van der Waals surface area contributed by atoms with Crippen molar-refractivity contribution in [1.82, 2.24) is 34.7 Å². The van der Waals surface area contributed by atoms with E-state index in [1.807, 2.05) is 11.8 Å². The number of halogens is 3. The van der Waals surface area contributed by atoms with Crippen LogP contribution in [0.4, 0.5) is 32.1 Å². The Labute approximate surface area is 235 Å². The molecule has 0 radical (unpaired) electrons. The predicted octanol–water partition coefficient (Wildman–Crippen LogP) is 3.13. The summed E-state index contributed by atoms with van der Waals surface area (Å²) < 4.78 is 37.8. The highest BCUT2D eigenvalue weighted by Crippen LogP contribution is 2.40. The van der Waals surface area contributed by atoms with Gasteiger partial charge in [0.1, 0.15) is 17.4 Å². The smallest absolute Gasteiger partial charge is 0.434 e. The number of fused-ring (bicyclic) bond motifs is 1. The van der Waals surface area contributed by atoms with Crippen molar-refractivity contribution in [2.75, 3.05) is 41.7 Å². The number of aromatic amines is 1. The second-order valence-corrected chi connectivity index (χ2v) is 10.0. The highest BCUT2D eigenvalue weighted by Gasteiger charge is 2.28. The third-order valence-corrected chi connectivity index (χ3v) is 7.31. The van der Waals surface area contributed by atoms with Crippen molar-refractivity contribution in [3.63, 3.8) is 0 Å². The van der Waals surface area contributed by atoms with E-state index in [1.165, 1.54) is 22.8 Å². The van der Waals surface area contributed by atoms with Crippen molar-refractivity contribution in [3.05, 3.63) is 45.4 Å². The first-order valence-corrected chi connectivity index (χ1v) is 13.2. The van der Waals surface area contributed by atoms with Crippen LogP contribution in [0, 0.1) is 11.3 Å². The molecule has 1 atom stereocenters. The van der Waals surface area contributed by atoms with Crippen LogP contribution in [-0.4, -0.2) is 73.5 Å². The minimum Gasteiger partial charge on any atom is -0.435 e. The van der Waals surface area contributed by atoms with Crippen LogP contribution >= 0.6 is 11.6 Å². The molecule has 4 heterocycles. The van der Waals surface area contributed by atoms with E-state index in [9.17, 15) is 18.8 Å². The second kappa shape index (κ2) is 10.8. The van der Waals surface area contributed by atoms with Crippen LogP contribution in [0.25, 0.3) is 5.65 Å². The van der Waals surface area contributed by atoms with Crippen molar-refractivity contribution in [2.24, 2.45) is 0 Å². The summed E-state index contributed by atoms with van der Waals surface area (Å²) in [5.74, 6) is 0.0412. The maximum Gasteiger partial charge on any atom is 0.434 e. The maximum atomic E-state index is 13.3. The van der Waals surface area contributed by atoms with E-state index in [-0.39, 0.29) is 51.6 Å². The summed E-state index contributed by atoms with van der Waals surface area (Å²) in [4.78, 5) is 24.3. The molecular formula is C24H24ClF2N11O3. The average Bonchev–Trinajstić information content (AvgIpc) is 3.50. The van der Waals surface area contributed by atoms with Gasteiger partial charge in [0.15, 0.2) is 5.65 Å². The first-order valence-electron chi connectivity index (χ1n) is 12.8. The lowest BCUT2D eigenvalue weighted by Crippen LogP contribution is -2.47. The van der Waals surface area contributed by atoms with E-state index in [0.29, 0.717) is 37.8 Å². The number of nitrogens with zero attached hydrogens (tertiary/aromatic N) is 8. The summed E-state index contributed by atoms with van der Waals surface area (Å²) in [5.41, 5.74) is 1.25. The third-order valence-electron chi connectivity index (χ3n) is 6.91. The van der Waals surface area contributed by atoms with Crippen LogP contribution in [0.15, 0.2) is 27.5 Å². The molecule has 6 rings (SSSR count). The summed E-state index contributed by atoms with van der Waals surface area (Å²) in [7, 11) is 0. The molecule has 1 aliphatic carbocycles. The van der Waals surface area contributed by atoms with Gasteiger partial charge in [-0.2, -0.15) is 33.6 Å². The zero-order chi connectivity index (χ0) is 28.7. The number of rotatable bonds is 9. The van der Waals surface area contributed by atoms with E-state index in [2.05, 4.69) is 46.9 Å². The zero-order valence-corrected chi connectivity index (χ0v) is 22.4. The molecule has 4 aromatic rings. The number of nitriles is 1. The maximum absolute atomic E-state index is 13.3. The van der Waals surface area contributed by atoms with E-state index >= 15 is 0 Å². The van der Waals surface area contributed by atoms with Gasteiger partial charge in [-0.25, -0.2) is 9.89 Å². The molecule has 3 aromatic heterocycles. The number of hydrogen-bond acceptors (Lipinski definition) is 12. The number of hydrogen-bond donors (Lipinski definition) is 3. The van der Waals surface area contributed by atoms with Crippen LogP contribution in [0.3, 0.4) is 0 Å². The number of H-pyrrole nitrogens is 1. The fourth-order valence-electron chi connectivity index (χ4n) is 4.64. The Morgan fingerprint density at radius 3 is 2.68 bits per heavy atom. The molecule has 2 aliphatic rings. The Hall–Kier alpha value is -4.49. The molecule has 0 bridgehead atoms. The lowest BCUT2D eigenvalue weighted by Gasteiger charge is -2.38. The molecule has 14 nitrogen and oxygen atoms in total. The summed E-state index contributed by atoms with van der Waals surface area (Å²) in [5, 5.41) is 26.4. The van der Waals surface area contributed by atoms with E-state index < -0.39 is 12.4 Å². The largest absolute Gasteiger partial charge is 0.435 e. The normalized spacial score (nSPS) is 16.6. The molecule has 0 spiro atoms. The van der Waals surface area contributed by atoms with Crippen molar-refractivity contribution >= 4 is 40.5 Å². The number of alkyl halides is 2. The second-order valence-electron chi connectivity index (χ2n) is 9.65. The first-order chi connectivity index (χ1) is 19.8. The van der Waals surface area contributed by atoms with Crippen molar-refractivity contribution < 1.29 is 17.9 Å². The number of aromatic nitrogens is 6. The Morgan fingerprint density at radius 2 is 2.02 bits per heavy atom. The van der Waals surface area contributed by atoms with Crippen molar-refractivity contribution in [3.8, 4) is 11.8 Å². The Kier molecular flexibility index (Phi) is 7.05. The Balaban J connectivity index is 1.29. The molecule has 1 saturated heterocycles. The van der Waals surface area contributed by atoms with Crippen LogP contribution in [0.1, 0.15) is 37.3 Å². The molecule has 214 valence electrons. The Bertz CT molecular complexity index is 1670. The summed E-state index contributed by atoms with van der Waals surface area (Å²) in [6.07, 6.45) is 3.35. The van der Waals surface area contributed by atoms with Gasteiger partial charge in [-0.1, -0.05) is 11.6 Å². The van der Waals surface area contributed by atoms with Gasteiger partial charge < -0.3 is 24.7 Å². The SMILES string of the molecule is C[C@H](c1n[nH]c(=O)o1)N1CCN(c2cc(OC(F)F)cc(Nc3nc(NC4CC4)n4ncc(C#N)c4n3)c2Cl)CC1. The summed E-state index contributed by atoms with van der Waals surface area (Å²) in [6.45, 7) is 0.938. The molecule has 17 heteroatoms. The number of piperazine rings is 1. The Morgan fingerprint density at radius 1 is 1.24 bits per heavy atom. The van der Waals surface area contributed by atoms with Gasteiger partial charge in [-0.15, -0.1) is 5.10 Å². The van der Waals surface area contributed by atoms with Gasteiger partial charge in [-0.05, 0) is 19.8 Å².